The van der Waals surface area contributed by atoms with E-state index in [2.05, 4.69) is 15.4 Å². The quantitative estimate of drug-likeness (QED) is 0.814. The van der Waals surface area contributed by atoms with Crippen molar-refractivity contribution < 1.29 is 18.3 Å². The van der Waals surface area contributed by atoms with Gasteiger partial charge in [0.25, 0.3) is 6.43 Å². The summed E-state index contributed by atoms with van der Waals surface area (Å²) in [5.41, 5.74) is 6.89. The largest absolute Gasteiger partial charge is 0.446 e. The highest BCUT2D eigenvalue weighted by Crippen LogP contribution is 2.27. The van der Waals surface area contributed by atoms with E-state index < -0.39 is 24.4 Å². The molecular formula is C15H16ClF2N5O2. The molecule has 134 valence electrons. The number of carbonyl (C=O) groups excluding carboxylic acids is 1. The fourth-order valence-electron chi connectivity index (χ4n) is 2.20. The van der Waals surface area contributed by atoms with E-state index in [0.717, 1.165) is 23.9 Å². The van der Waals surface area contributed by atoms with Crippen molar-refractivity contribution in [2.75, 3.05) is 6.54 Å². The van der Waals surface area contributed by atoms with Gasteiger partial charge in [0.05, 0.1) is 10.7 Å². The second-order valence-electron chi connectivity index (χ2n) is 5.63. The van der Waals surface area contributed by atoms with Crippen LogP contribution in [0.25, 0.3) is 5.69 Å². The third-order valence-electron chi connectivity index (χ3n) is 3.66. The van der Waals surface area contributed by atoms with Crippen molar-refractivity contribution in [3.8, 4) is 5.69 Å². The van der Waals surface area contributed by atoms with Crippen LogP contribution in [0.3, 0.4) is 0 Å². The zero-order valence-electron chi connectivity index (χ0n) is 13.0. The summed E-state index contributed by atoms with van der Waals surface area (Å²) in [6, 6.07) is 4.16. The number of alkyl carbamates (subject to hydrolysis) is 1. The molecule has 10 heteroatoms. The summed E-state index contributed by atoms with van der Waals surface area (Å²) >= 11 is 6.10. The van der Waals surface area contributed by atoms with Gasteiger partial charge in [-0.3, -0.25) is 0 Å². The molecule has 1 amide bonds. The molecule has 3 rings (SSSR count). The van der Waals surface area contributed by atoms with E-state index >= 15 is 0 Å². The Morgan fingerprint density at radius 3 is 2.92 bits per heavy atom. The second-order valence-corrected chi connectivity index (χ2v) is 6.04. The van der Waals surface area contributed by atoms with Crippen LogP contribution in [0, 0.1) is 0 Å². The van der Waals surface area contributed by atoms with Gasteiger partial charge in [0.15, 0.2) is 5.82 Å². The summed E-state index contributed by atoms with van der Waals surface area (Å²) in [5, 5.41) is 6.60. The first-order chi connectivity index (χ1) is 12.0. The molecule has 25 heavy (non-hydrogen) atoms. The molecule has 1 aromatic carbocycles. The van der Waals surface area contributed by atoms with Gasteiger partial charge in [0.1, 0.15) is 12.4 Å². The van der Waals surface area contributed by atoms with Crippen molar-refractivity contribution in [2.45, 2.75) is 31.4 Å². The molecule has 3 N–H and O–H groups in total. The van der Waals surface area contributed by atoms with Crippen LogP contribution in [-0.4, -0.2) is 33.5 Å². The smallest absolute Gasteiger partial charge is 0.407 e. The minimum atomic E-state index is -2.80. The predicted octanol–water partition coefficient (Wildman–Crippen LogP) is 2.75. The number of nitrogens with one attached hydrogen (secondary N) is 1. The van der Waals surface area contributed by atoms with Gasteiger partial charge in [-0.1, -0.05) is 17.7 Å². The minimum Gasteiger partial charge on any atom is -0.446 e. The van der Waals surface area contributed by atoms with Crippen LogP contribution < -0.4 is 11.1 Å². The van der Waals surface area contributed by atoms with Crippen molar-refractivity contribution in [1.29, 1.82) is 0 Å². The zero-order chi connectivity index (χ0) is 18.0. The topological polar surface area (TPSA) is 95.1 Å². The molecule has 0 spiro atoms. The number of halogens is 3. The molecule has 1 atom stereocenters. The fraction of sp³-hybridized carbons (Fsp3) is 0.400. The zero-order valence-corrected chi connectivity index (χ0v) is 13.8. The van der Waals surface area contributed by atoms with Crippen molar-refractivity contribution in [3.63, 3.8) is 0 Å². The first-order valence-electron chi connectivity index (χ1n) is 7.63. The molecule has 1 aliphatic carbocycles. The van der Waals surface area contributed by atoms with Gasteiger partial charge in [-0.15, -0.1) is 0 Å². The fourth-order valence-corrected chi connectivity index (χ4v) is 2.40. The summed E-state index contributed by atoms with van der Waals surface area (Å²) < 4.78 is 32.0. The molecule has 1 heterocycles. The Morgan fingerprint density at radius 2 is 2.24 bits per heavy atom. The van der Waals surface area contributed by atoms with E-state index in [1.54, 1.807) is 12.1 Å². The van der Waals surface area contributed by atoms with Gasteiger partial charge in [0.2, 0.25) is 0 Å². The lowest BCUT2D eigenvalue weighted by atomic mass is 10.1. The third kappa shape index (κ3) is 4.23. The Hall–Kier alpha value is -2.26. The number of aromatic nitrogens is 3. The van der Waals surface area contributed by atoms with Gasteiger partial charge < -0.3 is 15.8 Å². The normalized spacial score (nSPS) is 15.2. The van der Waals surface area contributed by atoms with Crippen LogP contribution in [-0.2, 0) is 4.74 Å². The molecule has 1 aliphatic rings. The second kappa shape index (κ2) is 7.32. The molecule has 1 fully saturated rings. The van der Waals surface area contributed by atoms with Gasteiger partial charge in [-0.25, -0.2) is 23.2 Å². The Kier molecular flexibility index (Phi) is 5.14. The SMILES string of the molecule is N[C@H](CNC(=O)OC1CC1)c1ccc(Cl)c(-n2ncnc2C(F)F)c1. The number of rotatable bonds is 6. The van der Waals surface area contributed by atoms with E-state index in [1.807, 2.05) is 0 Å². The van der Waals surface area contributed by atoms with E-state index in [4.69, 9.17) is 22.1 Å². The van der Waals surface area contributed by atoms with Crippen LogP contribution in [0.5, 0.6) is 0 Å². The van der Waals surface area contributed by atoms with Crippen LogP contribution in [0.4, 0.5) is 13.6 Å². The molecule has 1 saturated carbocycles. The van der Waals surface area contributed by atoms with E-state index in [9.17, 15) is 13.6 Å². The highest BCUT2D eigenvalue weighted by atomic mass is 35.5. The number of ether oxygens (including phenoxy) is 1. The standard InChI is InChI=1S/C15H16ClF2N5O2/c16-10-4-1-8(11(19)6-20-15(24)25-9-2-3-9)5-12(10)23-14(13(17)18)21-7-22-23/h1,4-5,7,9,11,13H,2-3,6,19H2,(H,20,24)/t11-/m1/s1. The molecule has 0 bridgehead atoms. The monoisotopic (exact) mass is 371 g/mol. The summed E-state index contributed by atoms with van der Waals surface area (Å²) in [6.07, 6.45) is -0.536. The maximum atomic E-state index is 13.0. The molecular weight excluding hydrogens is 356 g/mol. The van der Waals surface area contributed by atoms with Crippen LogP contribution in [0.2, 0.25) is 5.02 Å². The average Bonchev–Trinajstić information content (AvgIpc) is 3.24. The van der Waals surface area contributed by atoms with Gasteiger partial charge in [-0.2, -0.15) is 5.10 Å². The van der Waals surface area contributed by atoms with E-state index in [0.29, 0.717) is 5.56 Å². The van der Waals surface area contributed by atoms with Crippen molar-refractivity contribution >= 4 is 17.7 Å². The molecule has 1 aromatic heterocycles. The molecule has 2 aromatic rings. The first-order valence-corrected chi connectivity index (χ1v) is 8.01. The number of amides is 1. The highest BCUT2D eigenvalue weighted by Gasteiger charge is 2.26. The number of benzene rings is 1. The third-order valence-corrected chi connectivity index (χ3v) is 3.98. The van der Waals surface area contributed by atoms with Gasteiger partial charge in [0, 0.05) is 12.6 Å². The van der Waals surface area contributed by atoms with E-state index in [-0.39, 0.29) is 23.4 Å². The number of hydrogen-bond donors (Lipinski definition) is 2. The predicted molar refractivity (Wildman–Crippen MR) is 85.8 cm³/mol. The molecule has 0 unspecified atom stereocenters. The molecule has 0 aliphatic heterocycles. The maximum absolute atomic E-state index is 13.0. The van der Waals surface area contributed by atoms with Crippen LogP contribution in [0.15, 0.2) is 24.5 Å². The Balaban J connectivity index is 1.74. The summed E-state index contributed by atoms with van der Waals surface area (Å²) in [4.78, 5) is 15.1. The molecule has 7 nitrogen and oxygen atoms in total. The number of nitrogens with two attached hydrogens (primary N) is 1. The van der Waals surface area contributed by atoms with Crippen molar-refractivity contribution in [2.24, 2.45) is 5.73 Å². The van der Waals surface area contributed by atoms with Crippen molar-refractivity contribution in [3.05, 3.63) is 40.9 Å². The van der Waals surface area contributed by atoms with Crippen LogP contribution in [0.1, 0.15) is 36.7 Å². The number of alkyl halides is 2. The van der Waals surface area contributed by atoms with E-state index in [1.165, 1.54) is 6.07 Å². The van der Waals surface area contributed by atoms with Crippen molar-refractivity contribution in [1.82, 2.24) is 20.1 Å². The Labute approximate surface area is 147 Å². The number of nitrogens with zero attached hydrogens (tertiary/aromatic N) is 3. The summed E-state index contributed by atoms with van der Waals surface area (Å²) in [6.45, 7) is 0.131. The Bertz CT molecular complexity index is 766. The number of hydrogen-bond acceptors (Lipinski definition) is 5. The maximum Gasteiger partial charge on any atom is 0.407 e. The number of carbonyl (C=O) groups is 1. The minimum absolute atomic E-state index is 0.00144. The lowest BCUT2D eigenvalue weighted by Crippen LogP contribution is -2.32. The van der Waals surface area contributed by atoms with Gasteiger partial charge >= 0.3 is 6.09 Å². The summed E-state index contributed by atoms with van der Waals surface area (Å²) in [5.74, 6) is -0.515. The van der Waals surface area contributed by atoms with Gasteiger partial charge in [-0.05, 0) is 30.5 Å². The molecule has 0 saturated heterocycles. The lowest BCUT2D eigenvalue weighted by molar-refractivity contribution is 0.137. The Morgan fingerprint density at radius 1 is 1.48 bits per heavy atom. The average molecular weight is 372 g/mol. The highest BCUT2D eigenvalue weighted by molar-refractivity contribution is 6.32. The lowest BCUT2D eigenvalue weighted by Gasteiger charge is -2.15. The van der Waals surface area contributed by atoms with Crippen LogP contribution >= 0.6 is 11.6 Å². The first kappa shape index (κ1) is 17.6. The summed E-state index contributed by atoms with van der Waals surface area (Å²) in [7, 11) is 0. The molecule has 0 radical (unpaired) electrons.